The molecule has 0 unspecified atom stereocenters. The molecule has 2 fully saturated rings. The lowest BCUT2D eigenvalue weighted by atomic mass is 9.79. The molecule has 2 heterocycles. The molecule has 0 spiro atoms. The minimum atomic E-state index is -0.534. The summed E-state index contributed by atoms with van der Waals surface area (Å²) in [5, 5.41) is 5.21. The van der Waals surface area contributed by atoms with Gasteiger partial charge in [-0.3, -0.25) is 9.59 Å². The van der Waals surface area contributed by atoms with Gasteiger partial charge in [0.05, 0.1) is 5.41 Å². The van der Waals surface area contributed by atoms with Crippen LogP contribution in [0.2, 0.25) is 0 Å². The Bertz CT molecular complexity index is 856. The van der Waals surface area contributed by atoms with Gasteiger partial charge in [-0.1, -0.05) is 36.8 Å². The van der Waals surface area contributed by atoms with Gasteiger partial charge in [0, 0.05) is 29.9 Å². The molecule has 2 aromatic rings. The number of likely N-dealkylation sites (tertiary alicyclic amines) is 1. The van der Waals surface area contributed by atoms with Crippen molar-refractivity contribution < 1.29 is 9.59 Å². The number of nitrogens with one attached hydrogen (secondary N) is 1. The standard InChI is InChI=1S/C24H30N2O2S/c1-17(2)25-23(28)24(12-13-26(16-24)22(27)20-5-3-6-20)15-18-8-10-19(11-9-18)21-7-4-14-29-21/h4,7-11,14,17,20H,3,5-6,12-13,15-16H2,1-2H3,(H,25,28)/t24-/m0/s1. The van der Waals surface area contributed by atoms with E-state index in [0.29, 0.717) is 19.5 Å². The third-order valence-corrected chi connectivity index (χ3v) is 7.24. The van der Waals surface area contributed by atoms with Crippen molar-refractivity contribution in [2.24, 2.45) is 11.3 Å². The Morgan fingerprint density at radius 1 is 1.21 bits per heavy atom. The minimum absolute atomic E-state index is 0.0822. The van der Waals surface area contributed by atoms with E-state index in [4.69, 9.17) is 0 Å². The highest BCUT2D eigenvalue weighted by Gasteiger charge is 2.47. The number of hydrogen-bond donors (Lipinski definition) is 1. The van der Waals surface area contributed by atoms with Gasteiger partial charge in [-0.15, -0.1) is 11.3 Å². The lowest BCUT2D eigenvalue weighted by molar-refractivity contribution is -0.138. The Kier molecular flexibility index (Phi) is 5.77. The maximum absolute atomic E-state index is 13.2. The Labute approximate surface area is 177 Å². The van der Waals surface area contributed by atoms with Crippen molar-refractivity contribution >= 4 is 23.2 Å². The molecule has 1 saturated heterocycles. The molecule has 2 aliphatic rings. The van der Waals surface area contributed by atoms with Crippen LogP contribution in [0, 0.1) is 11.3 Å². The fourth-order valence-corrected chi connectivity index (χ4v) is 5.15. The molecular weight excluding hydrogens is 380 g/mol. The average Bonchev–Trinajstić information content (AvgIpc) is 3.31. The molecule has 2 amide bonds. The van der Waals surface area contributed by atoms with Crippen LogP contribution in [0.4, 0.5) is 0 Å². The molecule has 4 nitrogen and oxygen atoms in total. The number of carbonyl (C=O) groups is 2. The normalized spacial score (nSPS) is 22.0. The smallest absolute Gasteiger partial charge is 0.228 e. The largest absolute Gasteiger partial charge is 0.353 e. The molecule has 1 aliphatic heterocycles. The monoisotopic (exact) mass is 410 g/mol. The van der Waals surface area contributed by atoms with E-state index in [0.717, 1.165) is 31.2 Å². The second-order valence-corrected chi connectivity index (χ2v) is 9.84. The summed E-state index contributed by atoms with van der Waals surface area (Å²) in [6, 6.07) is 12.8. The van der Waals surface area contributed by atoms with Gasteiger partial charge in [0.1, 0.15) is 0 Å². The van der Waals surface area contributed by atoms with E-state index in [9.17, 15) is 9.59 Å². The van der Waals surface area contributed by atoms with Gasteiger partial charge in [0.25, 0.3) is 0 Å². The second-order valence-electron chi connectivity index (χ2n) is 8.90. The van der Waals surface area contributed by atoms with Crippen LogP contribution in [-0.2, 0) is 16.0 Å². The van der Waals surface area contributed by atoms with E-state index < -0.39 is 5.41 Å². The van der Waals surface area contributed by atoms with Crippen molar-refractivity contribution in [2.75, 3.05) is 13.1 Å². The minimum Gasteiger partial charge on any atom is -0.353 e. The van der Waals surface area contributed by atoms with E-state index in [2.05, 4.69) is 47.1 Å². The molecular formula is C24H30N2O2S. The van der Waals surface area contributed by atoms with Gasteiger partial charge < -0.3 is 10.2 Å². The number of carbonyl (C=O) groups excluding carboxylic acids is 2. The zero-order chi connectivity index (χ0) is 20.4. The molecule has 1 atom stereocenters. The third kappa shape index (κ3) is 4.25. The quantitative estimate of drug-likeness (QED) is 0.762. The molecule has 0 bridgehead atoms. The average molecular weight is 411 g/mol. The molecule has 1 N–H and O–H groups in total. The zero-order valence-electron chi connectivity index (χ0n) is 17.3. The van der Waals surface area contributed by atoms with Gasteiger partial charge >= 0.3 is 0 Å². The van der Waals surface area contributed by atoms with Crippen LogP contribution in [0.25, 0.3) is 10.4 Å². The number of benzene rings is 1. The summed E-state index contributed by atoms with van der Waals surface area (Å²) in [6.07, 6.45) is 4.57. The molecule has 1 aromatic heterocycles. The maximum Gasteiger partial charge on any atom is 0.228 e. The van der Waals surface area contributed by atoms with Crippen LogP contribution < -0.4 is 5.32 Å². The van der Waals surface area contributed by atoms with E-state index in [1.54, 1.807) is 11.3 Å². The van der Waals surface area contributed by atoms with E-state index in [1.807, 2.05) is 18.7 Å². The molecule has 5 heteroatoms. The summed E-state index contributed by atoms with van der Waals surface area (Å²) >= 11 is 1.73. The number of hydrogen-bond acceptors (Lipinski definition) is 3. The highest BCUT2D eigenvalue weighted by molar-refractivity contribution is 7.13. The van der Waals surface area contributed by atoms with Gasteiger partial charge in [0.2, 0.25) is 11.8 Å². The number of thiophene rings is 1. The molecule has 1 aromatic carbocycles. The summed E-state index contributed by atoms with van der Waals surface area (Å²) in [6.45, 7) is 5.21. The van der Waals surface area contributed by atoms with Crippen LogP contribution in [0.3, 0.4) is 0 Å². The summed E-state index contributed by atoms with van der Waals surface area (Å²) in [7, 11) is 0. The fourth-order valence-electron chi connectivity index (χ4n) is 4.42. The topological polar surface area (TPSA) is 49.4 Å². The summed E-state index contributed by atoms with van der Waals surface area (Å²) in [4.78, 5) is 29.2. The Balaban J connectivity index is 1.53. The number of rotatable bonds is 6. The molecule has 0 radical (unpaired) electrons. The summed E-state index contributed by atoms with van der Waals surface area (Å²) < 4.78 is 0. The van der Waals surface area contributed by atoms with Crippen LogP contribution in [0.15, 0.2) is 41.8 Å². The fraction of sp³-hybridized carbons (Fsp3) is 0.500. The van der Waals surface area contributed by atoms with Crippen molar-refractivity contribution in [2.45, 2.75) is 52.0 Å². The van der Waals surface area contributed by atoms with Gasteiger partial charge in [0.15, 0.2) is 0 Å². The highest BCUT2D eigenvalue weighted by atomic mass is 32.1. The predicted molar refractivity (Wildman–Crippen MR) is 118 cm³/mol. The summed E-state index contributed by atoms with van der Waals surface area (Å²) in [5.41, 5.74) is 1.83. The number of nitrogens with zero attached hydrogens (tertiary/aromatic N) is 1. The van der Waals surface area contributed by atoms with E-state index >= 15 is 0 Å². The van der Waals surface area contributed by atoms with Gasteiger partial charge in [-0.25, -0.2) is 0 Å². The molecule has 1 saturated carbocycles. The van der Waals surface area contributed by atoms with Crippen LogP contribution >= 0.6 is 11.3 Å². The Morgan fingerprint density at radius 2 is 1.97 bits per heavy atom. The Hall–Kier alpha value is -2.14. The van der Waals surface area contributed by atoms with Crippen molar-refractivity contribution in [3.8, 4) is 10.4 Å². The SMILES string of the molecule is CC(C)NC(=O)[C@]1(Cc2ccc(-c3cccs3)cc2)CCN(C(=O)C2CCC2)C1. The first-order valence-electron chi connectivity index (χ1n) is 10.7. The first-order valence-corrected chi connectivity index (χ1v) is 11.6. The van der Waals surface area contributed by atoms with Gasteiger partial charge in [-0.05, 0) is 62.1 Å². The van der Waals surface area contributed by atoms with Crippen molar-refractivity contribution in [1.29, 1.82) is 0 Å². The van der Waals surface area contributed by atoms with Gasteiger partial charge in [-0.2, -0.15) is 0 Å². The van der Waals surface area contributed by atoms with E-state index in [1.165, 1.54) is 10.4 Å². The third-order valence-electron chi connectivity index (χ3n) is 6.32. The van der Waals surface area contributed by atoms with Crippen LogP contribution in [0.1, 0.15) is 45.1 Å². The zero-order valence-corrected chi connectivity index (χ0v) is 18.1. The predicted octanol–water partition coefficient (Wildman–Crippen LogP) is 4.50. The second kappa shape index (κ2) is 8.31. The molecule has 4 rings (SSSR count). The lowest BCUT2D eigenvalue weighted by Crippen LogP contribution is -2.48. The van der Waals surface area contributed by atoms with Crippen molar-refractivity contribution in [3.63, 3.8) is 0 Å². The maximum atomic E-state index is 13.2. The van der Waals surface area contributed by atoms with Crippen molar-refractivity contribution in [1.82, 2.24) is 10.2 Å². The first kappa shape index (κ1) is 20.1. The first-order chi connectivity index (χ1) is 14.0. The van der Waals surface area contributed by atoms with Crippen LogP contribution in [0.5, 0.6) is 0 Å². The Morgan fingerprint density at radius 3 is 2.55 bits per heavy atom. The molecule has 154 valence electrons. The van der Waals surface area contributed by atoms with Crippen LogP contribution in [-0.4, -0.2) is 35.8 Å². The number of amides is 2. The summed E-state index contributed by atoms with van der Waals surface area (Å²) in [5.74, 6) is 0.520. The molecule has 1 aliphatic carbocycles. The molecule has 29 heavy (non-hydrogen) atoms. The van der Waals surface area contributed by atoms with Crippen molar-refractivity contribution in [3.05, 3.63) is 47.3 Å². The van der Waals surface area contributed by atoms with E-state index in [-0.39, 0.29) is 23.8 Å². The lowest BCUT2D eigenvalue weighted by Gasteiger charge is -2.32. The highest BCUT2D eigenvalue weighted by Crippen LogP contribution is 2.38.